The van der Waals surface area contributed by atoms with E-state index in [1.165, 1.54) is 0 Å². The monoisotopic (exact) mass is 428 g/mol. The summed E-state index contributed by atoms with van der Waals surface area (Å²) in [6, 6.07) is 7.59. The number of anilines is 1. The number of rotatable bonds is 5. The number of carbonyl (C=O) groups excluding carboxylic acids is 1. The number of aryl methyl sites for hydroxylation is 2. The van der Waals surface area contributed by atoms with Gasteiger partial charge in [-0.25, -0.2) is 4.68 Å². The summed E-state index contributed by atoms with van der Waals surface area (Å²) >= 11 is 0. The number of hydrogen-bond acceptors (Lipinski definition) is 7. The Bertz CT molecular complexity index is 1090. The normalized spacial score (nSPS) is 14.7. The fraction of sp³-hybridized carbons (Fsp3) is 0.333. The van der Waals surface area contributed by atoms with E-state index in [1.54, 1.807) is 18.9 Å². The Labute approximate surface area is 178 Å². The molecule has 0 spiro atoms. The molecule has 0 saturated heterocycles. The van der Waals surface area contributed by atoms with Crippen LogP contribution in [0, 0.1) is 13.8 Å². The van der Waals surface area contributed by atoms with Crippen molar-refractivity contribution in [1.29, 1.82) is 0 Å². The molecule has 3 heterocycles. The first kappa shape index (κ1) is 21.9. The van der Waals surface area contributed by atoms with Gasteiger partial charge in [0.2, 0.25) is 5.91 Å². The van der Waals surface area contributed by atoms with Gasteiger partial charge in [0.15, 0.2) is 11.5 Å². The topological polar surface area (TPSA) is 129 Å². The summed E-state index contributed by atoms with van der Waals surface area (Å²) in [5.41, 5.74) is 3.60. The highest BCUT2D eigenvalue weighted by atomic mass is 16.5. The summed E-state index contributed by atoms with van der Waals surface area (Å²) in [4.78, 5) is 20.7. The number of hydrogen-bond donors (Lipinski definition) is 2. The SMILES string of the molecule is COc1ccc(Cn2nc(C)c3c2NC(=O)CC3c2cc(C)no2)cc1OC.O=CO. The smallest absolute Gasteiger partial charge is 0.290 e. The van der Waals surface area contributed by atoms with E-state index in [1.807, 2.05) is 38.1 Å². The van der Waals surface area contributed by atoms with E-state index in [4.69, 9.17) is 23.9 Å². The van der Waals surface area contributed by atoms with Crippen molar-refractivity contribution >= 4 is 18.2 Å². The average Bonchev–Trinajstić information content (AvgIpc) is 3.31. The maximum absolute atomic E-state index is 12.4. The van der Waals surface area contributed by atoms with Crippen molar-refractivity contribution < 1.29 is 28.7 Å². The van der Waals surface area contributed by atoms with Crippen LogP contribution in [-0.2, 0) is 16.1 Å². The van der Waals surface area contributed by atoms with Gasteiger partial charge in [0.1, 0.15) is 11.6 Å². The molecule has 0 saturated carbocycles. The number of fused-ring (bicyclic) bond motifs is 1. The van der Waals surface area contributed by atoms with Crippen LogP contribution in [0.5, 0.6) is 11.5 Å². The van der Waals surface area contributed by atoms with Gasteiger partial charge in [-0.15, -0.1) is 0 Å². The van der Waals surface area contributed by atoms with Gasteiger partial charge in [-0.3, -0.25) is 9.59 Å². The number of nitrogens with one attached hydrogen (secondary N) is 1. The molecule has 10 nitrogen and oxygen atoms in total. The fourth-order valence-corrected chi connectivity index (χ4v) is 3.67. The third kappa shape index (κ3) is 4.52. The molecule has 1 aliphatic rings. The fourth-order valence-electron chi connectivity index (χ4n) is 3.67. The summed E-state index contributed by atoms with van der Waals surface area (Å²) in [6.07, 6.45) is 0.310. The second-order valence-corrected chi connectivity index (χ2v) is 6.98. The minimum Gasteiger partial charge on any atom is -0.493 e. The lowest BCUT2D eigenvalue weighted by atomic mass is 9.90. The second kappa shape index (κ2) is 9.33. The number of benzene rings is 1. The molecule has 1 aromatic carbocycles. The van der Waals surface area contributed by atoms with Crippen molar-refractivity contribution in [2.24, 2.45) is 0 Å². The molecule has 1 aliphatic heterocycles. The van der Waals surface area contributed by atoms with Crippen molar-refractivity contribution in [1.82, 2.24) is 14.9 Å². The van der Waals surface area contributed by atoms with Gasteiger partial charge >= 0.3 is 0 Å². The van der Waals surface area contributed by atoms with Crippen molar-refractivity contribution in [3.63, 3.8) is 0 Å². The number of aromatic nitrogens is 3. The Hall–Kier alpha value is -3.82. The number of nitrogens with zero attached hydrogens (tertiary/aromatic N) is 3. The molecule has 0 radical (unpaired) electrons. The number of carbonyl (C=O) groups is 2. The minimum atomic E-state index is -0.250. The molecule has 0 fully saturated rings. The van der Waals surface area contributed by atoms with Gasteiger partial charge in [0.25, 0.3) is 6.47 Å². The van der Waals surface area contributed by atoms with Crippen LogP contribution in [0.4, 0.5) is 5.82 Å². The van der Waals surface area contributed by atoms with Crippen LogP contribution in [0.2, 0.25) is 0 Å². The summed E-state index contributed by atoms with van der Waals surface area (Å²) in [6.45, 7) is 4.04. The lowest BCUT2D eigenvalue weighted by molar-refractivity contribution is -0.123. The van der Waals surface area contributed by atoms with Gasteiger partial charge in [-0.2, -0.15) is 5.10 Å². The van der Waals surface area contributed by atoms with Crippen molar-refractivity contribution in [2.75, 3.05) is 19.5 Å². The van der Waals surface area contributed by atoms with Crippen LogP contribution in [-0.4, -0.2) is 46.6 Å². The first-order valence-electron chi connectivity index (χ1n) is 9.50. The van der Waals surface area contributed by atoms with Crippen LogP contribution < -0.4 is 14.8 Å². The van der Waals surface area contributed by atoms with Crippen LogP contribution in [0.15, 0.2) is 28.8 Å². The highest BCUT2D eigenvalue weighted by molar-refractivity contribution is 5.94. The molecule has 164 valence electrons. The van der Waals surface area contributed by atoms with Crippen LogP contribution in [0.1, 0.15) is 40.6 Å². The third-order valence-corrected chi connectivity index (χ3v) is 4.94. The molecule has 2 aromatic heterocycles. The number of amides is 1. The Morgan fingerprint density at radius 1 is 1.26 bits per heavy atom. The molecule has 1 amide bonds. The molecule has 2 N–H and O–H groups in total. The zero-order valence-corrected chi connectivity index (χ0v) is 17.7. The summed E-state index contributed by atoms with van der Waals surface area (Å²) < 4.78 is 17.9. The number of methoxy groups -OCH3 is 2. The van der Waals surface area contributed by atoms with Crippen LogP contribution in [0.25, 0.3) is 0 Å². The predicted molar refractivity (Wildman–Crippen MR) is 111 cm³/mol. The van der Waals surface area contributed by atoms with E-state index >= 15 is 0 Å². The zero-order chi connectivity index (χ0) is 22.5. The van der Waals surface area contributed by atoms with Crippen LogP contribution in [0.3, 0.4) is 0 Å². The summed E-state index contributed by atoms with van der Waals surface area (Å²) in [5, 5.41) is 18.5. The Balaban J connectivity index is 0.000000858. The predicted octanol–water partition coefficient (Wildman–Crippen LogP) is 2.73. The molecular weight excluding hydrogens is 404 g/mol. The molecule has 10 heteroatoms. The number of ether oxygens (including phenoxy) is 2. The first-order chi connectivity index (χ1) is 14.9. The van der Waals surface area contributed by atoms with Gasteiger partial charge in [0.05, 0.1) is 38.1 Å². The van der Waals surface area contributed by atoms with Crippen LogP contribution >= 0.6 is 0 Å². The van der Waals surface area contributed by atoms with Gasteiger partial charge in [-0.05, 0) is 31.5 Å². The van der Waals surface area contributed by atoms with E-state index in [2.05, 4.69) is 15.6 Å². The van der Waals surface area contributed by atoms with E-state index in [0.717, 1.165) is 22.5 Å². The van der Waals surface area contributed by atoms with E-state index in [9.17, 15) is 4.79 Å². The highest BCUT2D eigenvalue weighted by Crippen LogP contribution is 2.39. The molecule has 31 heavy (non-hydrogen) atoms. The molecule has 3 aromatic rings. The molecule has 4 rings (SSSR count). The summed E-state index contributed by atoms with van der Waals surface area (Å²) in [7, 11) is 3.21. The zero-order valence-electron chi connectivity index (χ0n) is 17.7. The lowest BCUT2D eigenvalue weighted by Gasteiger charge is -2.22. The maximum atomic E-state index is 12.4. The average molecular weight is 428 g/mol. The summed E-state index contributed by atoms with van der Waals surface area (Å²) in [5.74, 6) is 2.44. The van der Waals surface area contributed by atoms with Gasteiger partial charge in [0, 0.05) is 18.1 Å². The quantitative estimate of drug-likeness (QED) is 0.594. The van der Waals surface area contributed by atoms with Crippen molar-refractivity contribution in [2.45, 2.75) is 32.7 Å². The standard InChI is InChI=1S/C20H22N4O4.CH2O2/c1-11-7-16(28-23-11)14-9-18(25)21-20-19(14)12(2)22-24(20)10-13-5-6-15(26-3)17(8-13)27-4;2-1-3/h5-8,14H,9-10H2,1-4H3,(H,21,25);1H,(H,2,3). The van der Waals surface area contributed by atoms with Crippen molar-refractivity contribution in [3.8, 4) is 11.5 Å². The molecular formula is C21H24N4O6. The van der Waals surface area contributed by atoms with E-state index in [0.29, 0.717) is 36.0 Å². The molecule has 0 bridgehead atoms. The van der Waals surface area contributed by atoms with Crippen molar-refractivity contribution in [3.05, 3.63) is 52.5 Å². The minimum absolute atomic E-state index is 0.0694. The second-order valence-electron chi connectivity index (χ2n) is 6.98. The van der Waals surface area contributed by atoms with E-state index in [-0.39, 0.29) is 18.3 Å². The first-order valence-corrected chi connectivity index (χ1v) is 9.50. The number of carboxylic acid groups (broad SMARTS) is 1. The largest absolute Gasteiger partial charge is 0.493 e. The lowest BCUT2D eigenvalue weighted by Crippen LogP contribution is -2.25. The van der Waals surface area contributed by atoms with E-state index < -0.39 is 0 Å². The molecule has 1 unspecified atom stereocenters. The molecule has 1 atom stereocenters. The molecule has 0 aliphatic carbocycles. The Morgan fingerprint density at radius 2 is 1.97 bits per heavy atom. The highest BCUT2D eigenvalue weighted by Gasteiger charge is 2.34. The maximum Gasteiger partial charge on any atom is 0.290 e. The Morgan fingerprint density at radius 3 is 2.58 bits per heavy atom. The third-order valence-electron chi connectivity index (χ3n) is 4.94. The van der Waals surface area contributed by atoms with Gasteiger partial charge in [-0.1, -0.05) is 11.2 Å². The van der Waals surface area contributed by atoms with Gasteiger partial charge < -0.3 is 24.4 Å². The Kier molecular flexibility index (Phi) is 6.58.